The van der Waals surface area contributed by atoms with Gasteiger partial charge in [0, 0.05) is 42.0 Å². The molecule has 3 nitrogen and oxygen atoms in total. The van der Waals surface area contributed by atoms with Crippen LogP contribution in [0.5, 0.6) is 0 Å². The highest BCUT2D eigenvalue weighted by molar-refractivity contribution is 5.87. The standard InChI is InChI=1S/C29H30N2O/c1-20-10-12-22(13-11-20)18-31-19-27(25-8-3-4-9-28(25)31)26(17-29(32)30-24-14-15-24)23-7-5-6-21(2)16-23/h3-13,16,19,24,26H,14-15,17-18H2,1-2H3,(H,30,32)/t26-/m0/s1. The molecule has 162 valence electrons. The van der Waals surface area contributed by atoms with Gasteiger partial charge in [0.15, 0.2) is 0 Å². The molecule has 0 bridgehead atoms. The Morgan fingerprint density at radius 1 is 0.969 bits per heavy atom. The summed E-state index contributed by atoms with van der Waals surface area (Å²) in [4.78, 5) is 12.9. The summed E-state index contributed by atoms with van der Waals surface area (Å²) in [5.41, 5.74) is 7.41. The Labute approximate surface area is 190 Å². The van der Waals surface area contributed by atoms with Gasteiger partial charge >= 0.3 is 0 Å². The van der Waals surface area contributed by atoms with Gasteiger partial charge in [0.05, 0.1) is 0 Å². The van der Waals surface area contributed by atoms with Crippen molar-refractivity contribution in [2.75, 3.05) is 0 Å². The number of aryl methyl sites for hydroxylation is 2. The molecule has 1 fully saturated rings. The van der Waals surface area contributed by atoms with E-state index in [-0.39, 0.29) is 11.8 Å². The minimum absolute atomic E-state index is 0.0258. The maximum atomic E-state index is 12.9. The summed E-state index contributed by atoms with van der Waals surface area (Å²) >= 11 is 0. The van der Waals surface area contributed by atoms with Crippen LogP contribution in [0.25, 0.3) is 10.9 Å². The Morgan fingerprint density at radius 2 is 1.75 bits per heavy atom. The molecule has 3 aromatic carbocycles. The van der Waals surface area contributed by atoms with Crippen molar-refractivity contribution in [2.45, 2.75) is 51.6 Å². The number of para-hydroxylation sites is 1. The van der Waals surface area contributed by atoms with Gasteiger partial charge < -0.3 is 9.88 Å². The van der Waals surface area contributed by atoms with Crippen molar-refractivity contribution in [3.05, 3.63) is 107 Å². The number of amides is 1. The van der Waals surface area contributed by atoms with Crippen molar-refractivity contribution >= 4 is 16.8 Å². The van der Waals surface area contributed by atoms with Crippen LogP contribution in [0.15, 0.2) is 79.0 Å². The topological polar surface area (TPSA) is 34.0 Å². The van der Waals surface area contributed by atoms with E-state index in [4.69, 9.17) is 0 Å². The summed E-state index contributed by atoms with van der Waals surface area (Å²) in [7, 11) is 0. The van der Waals surface area contributed by atoms with Crippen LogP contribution in [0.4, 0.5) is 0 Å². The molecule has 1 atom stereocenters. The lowest BCUT2D eigenvalue weighted by Gasteiger charge is -2.18. The van der Waals surface area contributed by atoms with E-state index in [9.17, 15) is 4.79 Å². The van der Waals surface area contributed by atoms with E-state index in [2.05, 4.69) is 103 Å². The molecular weight excluding hydrogens is 392 g/mol. The number of hydrogen-bond acceptors (Lipinski definition) is 1. The predicted octanol–water partition coefficient (Wildman–Crippen LogP) is 6.11. The van der Waals surface area contributed by atoms with Gasteiger partial charge in [0.2, 0.25) is 5.91 Å². The Bertz CT molecular complexity index is 1250. The van der Waals surface area contributed by atoms with E-state index in [1.807, 2.05) is 0 Å². The summed E-state index contributed by atoms with van der Waals surface area (Å²) in [6, 6.07) is 26.3. The largest absolute Gasteiger partial charge is 0.353 e. The number of benzene rings is 3. The molecule has 0 saturated heterocycles. The van der Waals surface area contributed by atoms with E-state index in [0.717, 1.165) is 19.4 Å². The molecular formula is C29H30N2O. The Morgan fingerprint density at radius 3 is 2.50 bits per heavy atom. The van der Waals surface area contributed by atoms with Crippen molar-refractivity contribution in [1.29, 1.82) is 0 Å². The molecule has 1 aromatic heterocycles. The number of hydrogen-bond donors (Lipinski definition) is 1. The van der Waals surface area contributed by atoms with Gasteiger partial charge in [-0.15, -0.1) is 0 Å². The average Bonchev–Trinajstić information content (AvgIpc) is 3.53. The van der Waals surface area contributed by atoms with E-state index >= 15 is 0 Å². The van der Waals surface area contributed by atoms with Crippen molar-refractivity contribution in [3.63, 3.8) is 0 Å². The maximum absolute atomic E-state index is 12.9. The summed E-state index contributed by atoms with van der Waals surface area (Å²) in [5.74, 6) is 0.173. The monoisotopic (exact) mass is 422 g/mol. The highest BCUT2D eigenvalue weighted by Gasteiger charge is 2.27. The molecule has 3 heteroatoms. The van der Waals surface area contributed by atoms with E-state index in [0.29, 0.717) is 12.5 Å². The fourth-order valence-electron chi connectivity index (χ4n) is 4.57. The number of rotatable bonds is 7. The first-order valence-corrected chi connectivity index (χ1v) is 11.6. The Hall–Kier alpha value is -3.33. The van der Waals surface area contributed by atoms with Crippen molar-refractivity contribution in [3.8, 4) is 0 Å². The van der Waals surface area contributed by atoms with Gasteiger partial charge in [-0.3, -0.25) is 4.79 Å². The van der Waals surface area contributed by atoms with Crippen LogP contribution in [0.1, 0.15) is 53.0 Å². The smallest absolute Gasteiger partial charge is 0.221 e. The van der Waals surface area contributed by atoms with Gasteiger partial charge in [-0.1, -0.05) is 77.9 Å². The molecule has 5 rings (SSSR count). The second-order valence-electron chi connectivity index (χ2n) is 9.23. The SMILES string of the molecule is Cc1ccc(Cn2cc([C@@H](CC(=O)NC3CC3)c3cccc(C)c3)c3ccccc32)cc1. The first kappa shape index (κ1) is 20.6. The van der Waals surface area contributed by atoms with E-state index in [1.54, 1.807) is 0 Å². The second-order valence-corrected chi connectivity index (χ2v) is 9.23. The van der Waals surface area contributed by atoms with Crippen molar-refractivity contribution in [1.82, 2.24) is 9.88 Å². The number of carbonyl (C=O) groups is 1. The zero-order chi connectivity index (χ0) is 22.1. The van der Waals surface area contributed by atoms with Gasteiger partial charge in [-0.2, -0.15) is 0 Å². The van der Waals surface area contributed by atoms with Gasteiger partial charge in [0.25, 0.3) is 0 Å². The number of fused-ring (bicyclic) bond motifs is 1. The van der Waals surface area contributed by atoms with Crippen LogP contribution < -0.4 is 5.32 Å². The zero-order valence-corrected chi connectivity index (χ0v) is 18.8. The van der Waals surface area contributed by atoms with Crippen LogP contribution >= 0.6 is 0 Å². The lowest BCUT2D eigenvalue weighted by molar-refractivity contribution is -0.121. The molecule has 1 N–H and O–H groups in total. The molecule has 0 aliphatic heterocycles. The number of nitrogens with zero attached hydrogens (tertiary/aromatic N) is 1. The normalized spacial score (nSPS) is 14.4. The maximum Gasteiger partial charge on any atom is 0.221 e. The molecule has 0 spiro atoms. The first-order valence-electron chi connectivity index (χ1n) is 11.6. The first-order chi connectivity index (χ1) is 15.6. The van der Waals surface area contributed by atoms with Crippen LogP contribution in [-0.2, 0) is 11.3 Å². The van der Waals surface area contributed by atoms with E-state index < -0.39 is 0 Å². The third-order valence-electron chi connectivity index (χ3n) is 6.44. The fourth-order valence-corrected chi connectivity index (χ4v) is 4.57. The van der Waals surface area contributed by atoms with Gasteiger partial charge in [-0.25, -0.2) is 0 Å². The second kappa shape index (κ2) is 8.66. The molecule has 1 heterocycles. The lowest BCUT2D eigenvalue weighted by Crippen LogP contribution is -2.27. The molecule has 1 amide bonds. The van der Waals surface area contributed by atoms with Crippen LogP contribution in [-0.4, -0.2) is 16.5 Å². The summed E-state index contributed by atoms with van der Waals surface area (Å²) in [5, 5.41) is 4.42. The molecule has 0 unspecified atom stereocenters. The number of carbonyl (C=O) groups excluding carboxylic acids is 1. The molecule has 0 radical (unpaired) electrons. The van der Waals surface area contributed by atoms with Gasteiger partial charge in [0.1, 0.15) is 0 Å². The summed E-state index contributed by atoms with van der Waals surface area (Å²) in [6.07, 6.45) is 4.95. The Balaban J connectivity index is 1.56. The number of nitrogens with one attached hydrogen (secondary N) is 1. The quantitative estimate of drug-likeness (QED) is 0.383. The lowest BCUT2D eigenvalue weighted by atomic mass is 9.87. The minimum atomic E-state index is 0.0258. The van der Waals surface area contributed by atoms with Gasteiger partial charge in [-0.05, 0) is 49.4 Å². The zero-order valence-electron chi connectivity index (χ0n) is 18.8. The molecule has 1 aliphatic carbocycles. The highest BCUT2D eigenvalue weighted by atomic mass is 16.1. The predicted molar refractivity (Wildman–Crippen MR) is 131 cm³/mol. The van der Waals surface area contributed by atoms with Crippen LogP contribution in [0.2, 0.25) is 0 Å². The van der Waals surface area contributed by atoms with Crippen LogP contribution in [0.3, 0.4) is 0 Å². The van der Waals surface area contributed by atoms with Crippen molar-refractivity contribution in [2.24, 2.45) is 0 Å². The summed E-state index contributed by atoms with van der Waals surface area (Å²) in [6.45, 7) is 5.05. The Kier molecular flexibility index (Phi) is 5.57. The minimum Gasteiger partial charge on any atom is -0.353 e. The van der Waals surface area contributed by atoms with E-state index in [1.165, 1.54) is 38.7 Å². The fraction of sp³-hybridized carbons (Fsp3) is 0.276. The molecule has 4 aromatic rings. The van der Waals surface area contributed by atoms with Crippen molar-refractivity contribution < 1.29 is 4.79 Å². The summed E-state index contributed by atoms with van der Waals surface area (Å²) < 4.78 is 2.33. The molecule has 1 aliphatic rings. The highest BCUT2D eigenvalue weighted by Crippen LogP contribution is 2.36. The average molecular weight is 423 g/mol. The third-order valence-corrected chi connectivity index (χ3v) is 6.44. The molecule has 32 heavy (non-hydrogen) atoms. The van der Waals surface area contributed by atoms with Crippen LogP contribution in [0, 0.1) is 13.8 Å². The third kappa shape index (κ3) is 4.47. The number of aromatic nitrogens is 1. The molecule has 1 saturated carbocycles.